The van der Waals surface area contributed by atoms with E-state index in [-0.39, 0.29) is 0 Å². The summed E-state index contributed by atoms with van der Waals surface area (Å²) in [6.45, 7) is 5.44. The van der Waals surface area contributed by atoms with Crippen LogP contribution in [0.2, 0.25) is 0 Å². The normalized spacial score (nSPS) is 23.2. The molecule has 1 aliphatic heterocycles. The molecule has 0 unspecified atom stereocenters. The van der Waals surface area contributed by atoms with Crippen LogP contribution >= 0.6 is 34.4 Å². The van der Waals surface area contributed by atoms with Crippen LogP contribution in [0, 0.1) is 17.4 Å². The fraction of sp³-hybridized carbons (Fsp3) is 0.533. The molecule has 0 bridgehead atoms. The molecule has 1 spiro atoms. The lowest BCUT2D eigenvalue weighted by Gasteiger charge is -2.17. The van der Waals surface area contributed by atoms with Crippen LogP contribution in [0.1, 0.15) is 36.8 Å². The summed E-state index contributed by atoms with van der Waals surface area (Å²) in [7, 11) is 0. The van der Waals surface area contributed by atoms with Gasteiger partial charge in [0.2, 0.25) is 0 Å². The number of nitrogens with zero attached hydrogens (tertiary/aromatic N) is 1. The molecule has 19 heavy (non-hydrogen) atoms. The van der Waals surface area contributed by atoms with Crippen molar-refractivity contribution in [1.82, 2.24) is 5.32 Å². The Labute approximate surface area is 133 Å². The first-order valence-electron chi connectivity index (χ1n) is 6.87. The first-order chi connectivity index (χ1) is 9.10. The van der Waals surface area contributed by atoms with Gasteiger partial charge in [-0.15, -0.1) is 0 Å². The highest BCUT2D eigenvalue weighted by molar-refractivity contribution is 14.1. The van der Waals surface area contributed by atoms with E-state index in [0.29, 0.717) is 4.75 Å². The lowest BCUT2D eigenvalue weighted by atomic mass is 10.1. The van der Waals surface area contributed by atoms with E-state index in [1.807, 2.05) is 11.8 Å². The molecule has 3 rings (SSSR count). The van der Waals surface area contributed by atoms with Gasteiger partial charge in [0.25, 0.3) is 0 Å². The fourth-order valence-corrected chi connectivity index (χ4v) is 4.80. The summed E-state index contributed by atoms with van der Waals surface area (Å²) in [6, 6.07) is 4.30. The zero-order valence-corrected chi connectivity index (χ0v) is 14.4. The smallest absolute Gasteiger partial charge is 0.162 e. The van der Waals surface area contributed by atoms with Gasteiger partial charge in [-0.3, -0.25) is 0 Å². The van der Waals surface area contributed by atoms with E-state index in [2.05, 4.69) is 53.9 Å². The quantitative estimate of drug-likeness (QED) is 0.717. The minimum atomic E-state index is 0.449. The van der Waals surface area contributed by atoms with Crippen molar-refractivity contribution in [1.29, 1.82) is 0 Å². The number of halogens is 1. The summed E-state index contributed by atoms with van der Waals surface area (Å²) in [5.74, 6) is 0. The van der Waals surface area contributed by atoms with Crippen molar-refractivity contribution in [3.8, 4) is 0 Å². The molecular weight excluding hydrogens is 367 g/mol. The Morgan fingerprint density at radius 3 is 2.68 bits per heavy atom. The van der Waals surface area contributed by atoms with Gasteiger partial charge in [0.1, 0.15) is 0 Å². The van der Waals surface area contributed by atoms with Gasteiger partial charge in [-0.2, -0.15) is 0 Å². The van der Waals surface area contributed by atoms with Crippen molar-refractivity contribution >= 4 is 45.2 Å². The number of hydrogen-bond acceptors (Lipinski definition) is 2. The molecule has 2 nitrogen and oxygen atoms in total. The molecule has 1 saturated heterocycles. The van der Waals surface area contributed by atoms with Crippen molar-refractivity contribution in [3.63, 3.8) is 0 Å². The number of aliphatic imine (C=N–C) groups is 1. The van der Waals surface area contributed by atoms with Gasteiger partial charge < -0.3 is 5.32 Å². The summed E-state index contributed by atoms with van der Waals surface area (Å²) in [6.07, 6.45) is 5.44. The first kappa shape index (κ1) is 13.7. The third-order valence-corrected chi connectivity index (χ3v) is 6.89. The van der Waals surface area contributed by atoms with Gasteiger partial charge in [0.05, 0.1) is 5.69 Å². The highest BCUT2D eigenvalue weighted by atomic mass is 127. The Balaban J connectivity index is 1.85. The van der Waals surface area contributed by atoms with E-state index >= 15 is 0 Å². The minimum Gasteiger partial charge on any atom is -0.363 e. The third-order valence-electron chi connectivity index (χ3n) is 4.30. The number of rotatable bonds is 1. The van der Waals surface area contributed by atoms with Crippen LogP contribution in [0.3, 0.4) is 0 Å². The van der Waals surface area contributed by atoms with Crippen molar-refractivity contribution in [2.75, 3.05) is 6.54 Å². The summed E-state index contributed by atoms with van der Waals surface area (Å²) in [5.41, 5.74) is 3.76. The van der Waals surface area contributed by atoms with Crippen LogP contribution in [0.5, 0.6) is 0 Å². The Morgan fingerprint density at radius 2 is 1.95 bits per heavy atom. The number of thioether (sulfide) groups is 1. The predicted molar refractivity (Wildman–Crippen MR) is 92.5 cm³/mol. The van der Waals surface area contributed by atoms with Crippen LogP contribution in [-0.4, -0.2) is 16.5 Å². The SMILES string of the molecule is Cc1c(I)ccc(/N=C2/NCC3(CCCC3)S2)c1C. The number of hydrogen-bond donors (Lipinski definition) is 1. The fourth-order valence-electron chi connectivity index (χ4n) is 2.88. The molecule has 0 atom stereocenters. The van der Waals surface area contributed by atoms with Gasteiger partial charge in [0, 0.05) is 14.9 Å². The maximum Gasteiger partial charge on any atom is 0.162 e. The molecule has 4 heteroatoms. The Morgan fingerprint density at radius 1 is 1.21 bits per heavy atom. The summed E-state index contributed by atoms with van der Waals surface area (Å²) < 4.78 is 1.77. The van der Waals surface area contributed by atoms with Crippen molar-refractivity contribution in [2.24, 2.45) is 4.99 Å². The number of nitrogens with one attached hydrogen (secondary N) is 1. The molecule has 102 valence electrons. The molecular formula is C15H19IN2S. The van der Waals surface area contributed by atoms with Gasteiger partial charge in [-0.1, -0.05) is 24.6 Å². The van der Waals surface area contributed by atoms with E-state index in [0.717, 1.165) is 17.4 Å². The van der Waals surface area contributed by atoms with Gasteiger partial charge >= 0.3 is 0 Å². The van der Waals surface area contributed by atoms with Crippen LogP contribution in [-0.2, 0) is 0 Å². The molecule has 0 radical (unpaired) electrons. The first-order valence-corrected chi connectivity index (χ1v) is 8.76. The molecule has 0 aromatic heterocycles. The number of amidine groups is 1. The predicted octanol–water partition coefficient (Wildman–Crippen LogP) is 4.54. The Bertz CT molecular complexity index is 533. The monoisotopic (exact) mass is 386 g/mol. The summed E-state index contributed by atoms with van der Waals surface area (Å²) in [4.78, 5) is 4.84. The largest absolute Gasteiger partial charge is 0.363 e. The van der Waals surface area contributed by atoms with Gasteiger partial charge in [-0.25, -0.2) is 4.99 Å². The van der Waals surface area contributed by atoms with Crippen molar-refractivity contribution in [2.45, 2.75) is 44.3 Å². The molecule has 1 aromatic carbocycles. The average molecular weight is 386 g/mol. The highest BCUT2D eigenvalue weighted by Crippen LogP contribution is 2.45. The third kappa shape index (κ3) is 2.66. The maximum atomic E-state index is 4.84. The summed E-state index contributed by atoms with van der Waals surface area (Å²) >= 11 is 4.36. The second kappa shape index (κ2) is 5.28. The maximum absolute atomic E-state index is 4.84. The van der Waals surface area contributed by atoms with E-state index in [9.17, 15) is 0 Å². The zero-order chi connectivity index (χ0) is 13.5. The Kier molecular flexibility index (Phi) is 3.82. The van der Waals surface area contributed by atoms with Crippen LogP contribution in [0.15, 0.2) is 17.1 Å². The molecule has 1 aromatic rings. The second-order valence-electron chi connectivity index (χ2n) is 5.58. The van der Waals surface area contributed by atoms with E-state index in [1.165, 1.54) is 40.4 Å². The zero-order valence-electron chi connectivity index (χ0n) is 11.4. The van der Waals surface area contributed by atoms with Crippen LogP contribution < -0.4 is 5.32 Å². The topological polar surface area (TPSA) is 24.4 Å². The number of benzene rings is 1. The molecule has 2 fully saturated rings. The van der Waals surface area contributed by atoms with Crippen LogP contribution in [0.4, 0.5) is 5.69 Å². The average Bonchev–Trinajstić information content (AvgIpc) is 3.01. The Hall–Kier alpha value is -0.230. The molecule has 1 aliphatic carbocycles. The minimum absolute atomic E-state index is 0.449. The van der Waals surface area contributed by atoms with E-state index < -0.39 is 0 Å². The van der Waals surface area contributed by atoms with Crippen LogP contribution in [0.25, 0.3) is 0 Å². The van der Waals surface area contributed by atoms with Gasteiger partial charge in [0.15, 0.2) is 5.17 Å². The molecule has 0 amide bonds. The van der Waals surface area contributed by atoms with E-state index in [1.54, 1.807) is 0 Å². The molecule has 1 heterocycles. The lowest BCUT2D eigenvalue weighted by molar-refractivity contribution is 0.609. The van der Waals surface area contributed by atoms with Crippen molar-refractivity contribution in [3.05, 3.63) is 26.8 Å². The molecule has 1 saturated carbocycles. The van der Waals surface area contributed by atoms with E-state index in [4.69, 9.17) is 4.99 Å². The highest BCUT2D eigenvalue weighted by Gasteiger charge is 2.40. The van der Waals surface area contributed by atoms with Crippen molar-refractivity contribution < 1.29 is 0 Å². The lowest BCUT2D eigenvalue weighted by Crippen LogP contribution is -2.25. The standard InChI is InChI=1S/C15H19IN2S/c1-10-11(2)13(6-5-12(10)16)18-14-17-9-15(19-14)7-3-4-8-15/h5-6H,3-4,7-9H2,1-2H3,(H,17,18). The summed E-state index contributed by atoms with van der Waals surface area (Å²) in [5, 5.41) is 4.63. The molecule has 2 aliphatic rings. The van der Waals surface area contributed by atoms with Gasteiger partial charge in [-0.05, 0) is 72.5 Å². The second-order valence-corrected chi connectivity index (χ2v) is 8.20. The molecule has 1 N–H and O–H groups in total.